The molecule has 1 aliphatic rings. The highest BCUT2D eigenvalue weighted by atomic mass is 35.5. The van der Waals surface area contributed by atoms with E-state index in [0.29, 0.717) is 16.7 Å². The second-order valence-electron chi connectivity index (χ2n) is 5.66. The molecular formula is C17H18ClNO3S. The third-order valence-electron chi connectivity index (χ3n) is 3.97. The lowest BCUT2D eigenvalue weighted by Crippen LogP contribution is -2.30. The number of hydrogen-bond acceptors (Lipinski definition) is 3. The number of sulfonamides is 1. The zero-order valence-corrected chi connectivity index (χ0v) is 14.3. The van der Waals surface area contributed by atoms with Crippen molar-refractivity contribution < 1.29 is 13.2 Å². The van der Waals surface area contributed by atoms with Crippen molar-refractivity contribution in [1.82, 2.24) is 4.72 Å². The zero-order valence-electron chi connectivity index (χ0n) is 12.7. The SMILES string of the molecule is COc1ccc(S(=O)(=O)NC(c2ccc(Cl)cc2)C2CC2)cc1. The highest BCUT2D eigenvalue weighted by Gasteiger charge is 2.35. The topological polar surface area (TPSA) is 55.4 Å². The monoisotopic (exact) mass is 351 g/mol. The van der Waals surface area contributed by atoms with Crippen LogP contribution in [0, 0.1) is 5.92 Å². The van der Waals surface area contributed by atoms with Gasteiger partial charge in [-0.3, -0.25) is 0 Å². The standard InChI is InChI=1S/C17H18ClNO3S/c1-22-15-8-10-16(11-9-15)23(20,21)19-17(12-2-3-12)13-4-6-14(18)7-5-13/h4-12,17,19H,2-3H2,1H3. The van der Waals surface area contributed by atoms with Gasteiger partial charge in [-0.05, 0) is 60.7 Å². The summed E-state index contributed by atoms with van der Waals surface area (Å²) < 4.78 is 33.2. The number of hydrogen-bond donors (Lipinski definition) is 1. The quantitative estimate of drug-likeness (QED) is 0.861. The van der Waals surface area contributed by atoms with Gasteiger partial charge in [-0.2, -0.15) is 0 Å². The molecule has 1 fully saturated rings. The molecule has 4 nitrogen and oxygen atoms in total. The second-order valence-corrected chi connectivity index (χ2v) is 7.81. The molecule has 0 bridgehead atoms. The Bertz CT molecular complexity index is 768. The second kappa shape index (κ2) is 6.51. The maximum Gasteiger partial charge on any atom is 0.241 e. The van der Waals surface area contributed by atoms with E-state index < -0.39 is 10.0 Å². The van der Waals surface area contributed by atoms with Crippen LogP contribution in [0.3, 0.4) is 0 Å². The first-order valence-electron chi connectivity index (χ1n) is 7.41. The summed E-state index contributed by atoms with van der Waals surface area (Å²) in [5, 5.41) is 0.640. The molecule has 0 spiro atoms. The van der Waals surface area contributed by atoms with Crippen LogP contribution in [0.1, 0.15) is 24.4 Å². The summed E-state index contributed by atoms with van der Waals surface area (Å²) in [6.45, 7) is 0. The minimum atomic E-state index is -3.59. The molecule has 0 saturated heterocycles. The summed E-state index contributed by atoms with van der Waals surface area (Å²) in [6, 6.07) is 13.5. The van der Waals surface area contributed by atoms with E-state index in [1.165, 1.54) is 0 Å². The summed E-state index contributed by atoms with van der Waals surface area (Å²) in [7, 11) is -2.04. The summed E-state index contributed by atoms with van der Waals surface area (Å²) in [4.78, 5) is 0.234. The number of nitrogens with one attached hydrogen (secondary N) is 1. The molecule has 2 aromatic rings. The molecule has 122 valence electrons. The van der Waals surface area contributed by atoms with Gasteiger partial charge in [0.25, 0.3) is 0 Å². The molecule has 6 heteroatoms. The number of methoxy groups -OCH3 is 1. The maximum atomic E-state index is 12.6. The van der Waals surface area contributed by atoms with Crippen molar-refractivity contribution in [2.75, 3.05) is 7.11 Å². The van der Waals surface area contributed by atoms with Crippen molar-refractivity contribution in [3.05, 3.63) is 59.1 Å². The van der Waals surface area contributed by atoms with E-state index in [2.05, 4.69) is 4.72 Å². The summed E-state index contributed by atoms with van der Waals surface area (Å²) in [6.07, 6.45) is 2.05. The molecule has 1 unspecified atom stereocenters. The van der Waals surface area contributed by atoms with Crippen LogP contribution in [0.15, 0.2) is 53.4 Å². The number of rotatable bonds is 6. The van der Waals surface area contributed by atoms with Crippen LogP contribution in [0.4, 0.5) is 0 Å². The molecule has 0 aliphatic heterocycles. The van der Waals surface area contributed by atoms with Gasteiger partial charge < -0.3 is 4.74 Å². The molecule has 1 aliphatic carbocycles. The third kappa shape index (κ3) is 3.86. The van der Waals surface area contributed by atoms with E-state index >= 15 is 0 Å². The van der Waals surface area contributed by atoms with Gasteiger partial charge in [0.2, 0.25) is 10.0 Å². The van der Waals surface area contributed by atoms with Crippen molar-refractivity contribution in [2.24, 2.45) is 5.92 Å². The fourth-order valence-corrected chi connectivity index (χ4v) is 3.95. The van der Waals surface area contributed by atoms with E-state index in [4.69, 9.17) is 16.3 Å². The number of ether oxygens (including phenoxy) is 1. The van der Waals surface area contributed by atoms with Crippen LogP contribution in [0.2, 0.25) is 5.02 Å². The predicted octanol–water partition coefficient (Wildman–Crippen LogP) is 3.78. The first-order chi connectivity index (χ1) is 11.0. The van der Waals surface area contributed by atoms with Gasteiger partial charge in [-0.15, -0.1) is 0 Å². The van der Waals surface area contributed by atoms with Crippen LogP contribution in [-0.2, 0) is 10.0 Å². The molecule has 0 aromatic heterocycles. The molecule has 0 heterocycles. The van der Waals surface area contributed by atoms with Gasteiger partial charge in [-0.25, -0.2) is 13.1 Å². The summed E-state index contributed by atoms with van der Waals surface area (Å²) in [5.74, 6) is 0.963. The molecule has 3 rings (SSSR count). The lowest BCUT2D eigenvalue weighted by atomic mass is 10.0. The average Bonchev–Trinajstić information content (AvgIpc) is 3.38. The molecule has 23 heavy (non-hydrogen) atoms. The maximum absolute atomic E-state index is 12.6. The van der Waals surface area contributed by atoms with Crippen LogP contribution >= 0.6 is 11.6 Å². The lowest BCUT2D eigenvalue weighted by Gasteiger charge is -2.19. The van der Waals surface area contributed by atoms with Gasteiger partial charge in [0.1, 0.15) is 5.75 Å². The van der Waals surface area contributed by atoms with Crippen LogP contribution < -0.4 is 9.46 Å². The van der Waals surface area contributed by atoms with E-state index in [9.17, 15) is 8.42 Å². The molecule has 0 amide bonds. The zero-order chi connectivity index (χ0) is 16.4. The van der Waals surface area contributed by atoms with Gasteiger partial charge in [-0.1, -0.05) is 23.7 Å². The fraction of sp³-hybridized carbons (Fsp3) is 0.294. The van der Waals surface area contributed by atoms with Gasteiger partial charge >= 0.3 is 0 Å². The number of halogens is 1. The molecule has 2 aromatic carbocycles. The highest BCUT2D eigenvalue weighted by Crippen LogP contribution is 2.42. The largest absolute Gasteiger partial charge is 0.497 e. The average molecular weight is 352 g/mol. The van der Waals surface area contributed by atoms with E-state index in [1.807, 2.05) is 12.1 Å². The van der Waals surface area contributed by atoms with Gasteiger partial charge in [0.05, 0.1) is 12.0 Å². The first-order valence-corrected chi connectivity index (χ1v) is 9.27. The Kier molecular flexibility index (Phi) is 4.62. The Morgan fingerprint density at radius 3 is 2.22 bits per heavy atom. The Labute approximate surface area is 141 Å². The van der Waals surface area contributed by atoms with Crippen molar-refractivity contribution in [1.29, 1.82) is 0 Å². The van der Waals surface area contributed by atoms with E-state index in [1.54, 1.807) is 43.5 Å². The van der Waals surface area contributed by atoms with Crippen molar-refractivity contribution >= 4 is 21.6 Å². The van der Waals surface area contributed by atoms with Crippen LogP contribution in [-0.4, -0.2) is 15.5 Å². The number of benzene rings is 2. The van der Waals surface area contributed by atoms with Gasteiger partial charge in [0.15, 0.2) is 0 Å². The van der Waals surface area contributed by atoms with E-state index in [-0.39, 0.29) is 10.9 Å². The Hall–Kier alpha value is -1.56. The highest BCUT2D eigenvalue weighted by molar-refractivity contribution is 7.89. The van der Waals surface area contributed by atoms with Crippen molar-refractivity contribution in [2.45, 2.75) is 23.8 Å². The summed E-state index contributed by atoms with van der Waals surface area (Å²) >= 11 is 5.92. The third-order valence-corrected chi connectivity index (χ3v) is 5.68. The molecule has 0 radical (unpaired) electrons. The normalized spacial score (nSPS) is 16.1. The Balaban J connectivity index is 1.85. The molecule has 1 N–H and O–H groups in total. The fourth-order valence-electron chi connectivity index (χ4n) is 2.53. The van der Waals surface area contributed by atoms with Gasteiger partial charge in [0, 0.05) is 11.1 Å². The molecule has 1 atom stereocenters. The van der Waals surface area contributed by atoms with Crippen LogP contribution in [0.5, 0.6) is 5.75 Å². The van der Waals surface area contributed by atoms with Crippen LogP contribution in [0.25, 0.3) is 0 Å². The summed E-state index contributed by atoms with van der Waals surface area (Å²) in [5.41, 5.74) is 0.939. The minimum absolute atomic E-state index is 0.223. The van der Waals surface area contributed by atoms with Crippen molar-refractivity contribution in [3.63, 3.8) is 0 Å². The molecular weight excluding hydrogens is 334 g/mol. The smallest absolute Gasteiger partial charge is 0.241 e. The Morgan fingerprint density at radius 1 is 1.09 bits per heavy atom. The molecule has 1 saturated carbocycles. The van der Waals surface area contributed by atoms with E-state index in [0.717, 1.165) is 18.4 Å². The minimum Gasteiger partial charge on any atom is -0.497 e. The Morgan fingerprint density at radius 2 is 1.70 bits per heavy atom. The van der Waals surface area contributed by atoms with Crippen molar-refractivity contribution in [3.8, 4) is 5.75 Å². The predicted molar refractivity (Wildman–Crippen MR) is 90.2 cm³/mol. The lowest BCUT2D eigenvalue weighted by molar-refractivity contribution is 0.414. The first kappa shape index (κ1) is 16.3.